The number of carbonyl (C=O) groups is 1. The van der Waals surface area contributed by atoms with E-state index in [1.54, 1.807) is 42.5 Å². The molecule has 0 aliphatic rings. The van der Waals surface area contributed by atoms with Crippen LogP contribution in [-0.4, -0.2) is 14.4 Å². The molecular weight excluding hydrogens is 405 g/mol. The highest BCUT2D eigenvalue weighted by Gasteiger charge is 2.28. The molecule has 3 aromatic rings. The van der Waals surface area contributed by atoms with Gasteiger partial charge in [0.05, 0.1) is 16.5 Å². The van der Waals surface area contributed by atoms with Crippen LogP contribution in [0.3, 0.4) is 0 Å². The van der Waals surface area contributed by atoms with Gasteiger partial charge in [0.2, 0.25) is 10.0 Å². The lowest BCUT2D eigenvalue weighted by molar-refractivity contribution is -0.130. The Bertz CT molecular complexity index is 1140. The quantitative estimate of drug-likeness (QED) is 0.348. The molecule has 0 spiro atoms. The molecule has 0 bridgehead atoms. The number of hydrogen-bond acceptors (Lipinski definition) is 4. The summed E-state index contributed by atoms with van der Waals surface area (Å²) in [6.45, 7) is 5.59. The van der Waals surface area contributed by atoms with Gasteiger partial charge in [-0.25, -0.2) is 17.6 Å². The maximum absolute atomic E-state index is 13.4. The fraction of sp³-hybridized carbons (Fsp3) is 0.0870. The number of nitrogens with one attached hydrogen (secondary N) is 1. The number of aryl methyl sites for hydroxylation is 1. The van der Waals surface area contributed by atoms with Crippen molar-refractivity contribution in [3.8, 4) is 5.75 Å². The molecule has 0 aliphatic carbocycles. The first-order valence-electron chi connectivity index (χ1n) is 9.07. The molecule has 0 heterocycles. The molecular formula is C23H20FNO4S. The molecule has 7 heteroatoms. The summed E-state index contributed by atoms with van der Waals surface area (Å²) in [7, 11) is -4.00. The molecule has 0 fully saturated rings. The summed E-state index contributed by atoms with van der Waals surface area (Å²) in [6, 6.07) is 18.6. The second-order valence-corrected chi connectivity index (χ2v) is 8.36. The van der Waals surface area contributed by atoms with Crippen molar-refractivity contribution < 1.29 is 22.3 Å². The first-order chi connectivity index (χ1) is 14.3. The maximum atomic E-state index is 13.4. The zero-order chi connectivity index (χ0) is 21.7. The molecule has 0 saturated heterocycles. The molecule has 0 saturated carbocycles. The van der Waals surface area contributed by atoms with Crippen LogP contribution in [0.1, 0.15) is 17.2 Å². The van der Waals surface area contributed by atoms with E-state index in [0.29, 0.717) is 11.3 Å². The van der Waals surface area contributed by atoms with E-state index >= 15 is 0 Å². The summed E-state index contributed by atoms with van der Waals surface area (Å²) in [5, 5.41) is 0. The molecule has 154 valence electrons. The number of rotatable bonds is 7. The number of halogens is 1. The van der Waals surface area contributed by atoms with E-state index in [2.05, 4.69) is 11.3 Å². The third kappa shape index (κ3) is 5.20. The Hall–Kier alpha value is -3.29. The molecule has 30 heavy (non-hydrogen) atoms. The van der Waals surface area contributed by atoms with Crippen molar-refractivity contribution in [3.05, 3.63) is 108 Å². The maximum Gasteiger partial charge on any atom is 0.340 e. The SMILES string of the molecule is C=C(C(=O)Oc1ccccc1)C(NS(=O)(=O)c1ccc(C)cc1)c1ccc(F)cc1. The zero-order valence-electron chi connectivity index (χ0n) is 16.2. The van der Waals surface area contributed by atoms with Gasteiger partial charge in [-0.05, 0) is 48.9 Å². The lowest BCUT2D eigenvalue weighted by atomic mass is 10.0. The minimum absolute atomic E-state index is 0.0319. The standard InChI is InChI=1S/C23H20FNO4S/c1-16-8-14-21(15-9-16)30(27,28)25-22(18-10-12-19(24)13-11-18)17(2)23(26)29-20-6-4-3-5-7-20/h3-15,22,25H,2H2,1H3. The Balaban J connectivity index is 1.92. The van der Waals surface area contributed by atoms with Crippen LogP contribution in [0.4, 0.5) is 4.39 Å². The van der Waals surface area contributed by atoms with E-state index in [1.807, 2.05) is 6.92 Å². The van der Waals surface area contributed by atoms with Gasteiger partial charge in [0.15, 0.2) is 0 Å². The third-order valence-corrected chi connectivity index (χ3v) is 5.81. The summed E-state index contributed by atoms with van der Waals surface area (Å²) >= 11 is 0. The molecule has 0 radical (unpaired) electrons. The first-order valence-corrected chi connectivity index (χ1v) is 10.5. The van der Waals surface area contributed by atoms with Crippen molar-refractivity contribution in [2.45, 2.75) is 17.9 Å². The van der Waals surface area contributed by atoms with E-state index in [9.17, 15) is 17.6 Å². The summed E-state index contributed by atoms with van der Waals surface area (Å²) in [5.41, 5.74) is 1.11. The average Bonchev–Trinajstić information content (AvgIpc) is 2.73. The van der Waals surface area contributed by atoms with E-state index in [-0.39, 0.29) is 10.5 Å². The van der Waals surface area contributed by atoms with Gasteiger partial charge in [-0.2, -0.15) is 4.72 Å². The lowest BCUT2D eigenvalue weighted by Gasteiger charge is -2.21. The van der Waals surface area contributed by atoms with Crippen LogP contribution in [0.15, 0.2) is 95.9 Å². The van der Waals surface area contributed by atoms with Gasteiger partial charge in [-0.1, -0.05) is 54.6 Å². The van der Waals surface area contributed by atoms with Gasteiger partial charge < -0.3 is 4.74 Å². The Labute approximate surface area is 174 Å². The van der Waals surface area contributed by atoms with Crippen LogP contribution in [0.2, 0.25) is 0 Å². The molecule has 0 amide bonds. The Kier molecular flexibility index (Phi) is 6.44. The van der Waals surface area contributed by atoms with Crippen molar-refractivity contribution in [2.24, 2.45) is 0 Å². The van der Waals surface area contributed by atoms with Crippen molar-refractivity contribution in [3.63, 3.8) is 0 Å². The summed E-state index contributed by atoms with van der Waals surface area (Å²) in [5.74, 6) is -0.999. The summed E-state index contributed by atoms with van der Waals surface area (Å²) in [4.78, 5) is 12.7. The predicted octanol–water partition coefficient (Wildman–Crippen LogP) is 4.32. The topological polar surface area (TPSA) is 72.5 Å². The number of benzene rings is 3. The average molecular weight is 425 g/mol. The highest BCUT2D eigenvalue weighted by atomic mass is 32.2. The normalized spacial score (nSPS) is 12.2. The molecule has 3 rings (SSSR count). The second-order valence-electron chi connectivity index (χ2n) is 6.65. The monoisotopic (exact) mass is 425 g/mol. The Morgan fingerprint density at radius 3 is 2.17 bits per heavy atom. The number of para-hydroxylation sites is 1. The number of sulfonamides is 1. The van der Waals surface area contributed by atoms with Gasteiger partial charge in [-0.15, -0.1) is 0 Å². The minimum Gasteiger partial charge on any atom is -0.423 e. The van der Waals surface area contributed by atoms with Gasteiger partial charge in [-0.3, -0.25) is 0 Å². The molecule has 0 aliphatic heterocycles. The molecule has 1 N–H and O–H groups in total. The van der Waals surface area contributed by atoms with Crippen molar-refractivity contribution >= 4 is 16.0 Å². The number of hydrogen-bond donors (Lipinski definition) is 1. The van der Waals surface area contributed by atoms with Gasteiger partial charge in [0.25, 0.3) is 0 Å². The largest absolute Gasteiger partial charge is 0.423 e. The van der Waals surface area contributed by atoms with E-state index < -0.39 is 27.9 Å². The predicted molar refractivity (Wildman–Crippen MR) is 112 cm³/mol. The Morgan fingerprint density at radius 2 is 1.57 bits per heavy atom. The summed E-state index contributed by atoms with van der Waals surface area (Å²) < 4.78 is 47.0. The smallest absolute Gasteiger partial charge is 0.340 e. The Morgan fingerprint density at radius 1 is 0.967 bits per heavy atom. The lowest BCUT2D eigenvalue weighted by Crippen LogP contribution is -2.33. The van der Waals surface area contributed by atoms with Crippen molar-refractivity contribution in [2.75, 3.05) is 0 Å². The third-order valence-electron chi connectivity index (χ3n) is 4.37. The van der Waals surface area contributed by atoms with Crippen LogP contribution in [0, 0.1) is 12.7 Å². The number of carbonyl (C=O) groups excluding carboxylic acids is 1. The number of esters is 1. The van der Waals surface area contributed by atoms with Gasteiger partial charge in [0, 0.05) is 0 Å². The van der Waals surface area contributed by atoms with Crippen LogP contribution in [0.25, 0.3) is 0 Å². The zero-order valence-corrected chi connectivity index (χ0v) is 17.0. The van der Waals surface area contributed by atoms with E-state index in [4.69, 9.17) is 4.74 Å². The van der Waals surface area contributed by atoms with Crippen LogP contribution in [-0.2, 0) is 14.8 Å². The van der Waals surface area contributed by atoms with Crippen molar-refractivity contribution in [1.29, 1.82) is 0 Å². The first kappa shape index (κ1) is 21.4. The number of ether oxygens (including phenoxy) is 1. The fourth-order valence-electron chi connectivity index (χ4n) is 2.72. The van der Waals surface area contributed by atoms with E-state index in [0.717, 1.165) is 5.56 Å². The molecule has 0 aromatic heterocycles. The van der Waals surface area contributed by atoms with Crippen LogP contribution >= 0.6 is 0 Å². The van der Waals surface area contributed by atoms with E-state index in [1.165, 1.54) is 36.4 Å². The van der Waals surface area contributed by atoms with Gasteiger partial charge in [0.1, 0.15) is 11.6 Å². The summed E-state index contributed by atoms with van der Waals surface area (Å²) in [6.07, 6.45) is 0. The minimum atomic E-state index is -4.00. The molecule has 5 nitrogen and oxygen atoms in total. The van der Waals surface area contributed by atoms with Gasteiger partial charge >= 0.3 is 5.97 Å². The molecule has 1 atom stereocenters. The second kappa shape index (κ2) is 9.02. The molecule has 3 aromatic carbocycles. The highest BCUT2D eigenvalue weighted by Crippen LogP contribution is 2.26. The highest BCUT2D eigenvalue weighted by molar-refractivity contribution is 7.89. The van der Waals surface area contributed by atoms with Crippen LogP contribution < -0.4 is 9.46 Å². The fourth-order valence-corrected chi connectivity index (χ4v) is 3.93. The van der Waals surface area contributed by atoms with Crippen LogP contribution in [0.5, 0.6) is 5.75 Å². The molecule has 1 unspecified atom stereocenters. The van der Waals surface area contributed by atoms with Crippen molar-refractivity contribution in [1.82, 2.24) is 4.72 Å².